The van der Waals surface area contributed by atoms with Crippen LogP contribution in [0.15, 0.2) is 49.1 Å². The fraction of sp³-hybridized carbons (Fsp3) is 0.0714. The van der Waals surface area contributed by atoms with E-state index in [0.717, 1.165) is 18.2 Å². The van der Waals surface area contributed by atoms with Gasteiger partial charge in [-0.1, -0.05) is 41.9 Å². The van der Waals surface area contributed by atoms with Gasteiger partial charge < -0.3 is 0 Å². The maximum atomic E-state index is 13.0. The summed E-state index contributed by atoms with van der Waals surface area (Å²) >= 11 is 11.3. The van der Waals surface area contributed by atoms with Gasteiger partial charge in [-0.25, -0.2) is 0 Å². The topological polar surface area (TPSA) is 17.1 Å². The molecule has 0 bridgehead atoms. The summed E-state index contributed by atoms with van der Waals surface area (Å²) in [7, 11) is 0. The summed E-state index contributed by atoms with van der Waals surface area (Å²) in [5, 5.41) is 0.105. The van der Waals surface area contributed by atoms with Crippen molar-refractivity contribution in [1.29, 1.82) is 0 Å². The molecule has 0 unspecified atom stereocenters. The highest BCUT2D eigenvalue weighted by atomic mass is 35.5. The third kappa shape index (κ3) is 4.87. The zero-order valence-electron chi connectivity index (χ0n) is 10.0. The quantitative estimate of drug-likeness (QED) is 0.547. The maximum absolute atomic E-state index is 13.0. The number of benzene rings is 1. The molecule has 1 aromatic carbocycles. The molecular weight excluding hydrogens is 312 g/mol. The number of rotatable bonds is 4. The van der Waals surface area contributed by atoms with Crippen LogP contribution in [0.3, 0.4) is 0 Å². The number of hydrogen-bond donors (Lipinski definition) is 0. The first kappa shape index (κ1) is 16.5. The first-order valence-electron chi connectivity index (χ1n) is 5.32. The predicted molar refractivity (Wildman–Crippen MR) is 74.8 cm³/mol. The van der Waals surface area contributed by atoms with E-state index in [9.17, 15) is 18.0 Å². The van der Waals surface area contributed by atoms with Crippen molar-refractivity contribution in [3.63, 3.8) is 0 Å². The fourth-order valence-electron chi connectivity index (χ4n) is 1.39. The van der Waals surface area contributed by atoms with Crippen LogP contribution in [0.1, 0.15) is 5.56 Å². The summed E-state index contributed by atoms with van der Waals surface area (Å²) in [6.07, 6.45) is -0.703. The van der Waals surface area contributed by atoms with E-state index in [1.165, 1.54) is 18.2 Å². The summed E-state index contributed by atoms with van der Waals surface area (Å²) in [6, 6.07) is 3.49. The lowest BCUT2D eigenvalue weighted by Gasteiger charge is -2.12. The van der Waals surface area contributed by atoms with Crippen molar-refractivity contribution in [3.05, 3.63) is 64.7 Å². The molecule has 0 aliphatic rings. The number of allylic oxidation sites excluding steroid dienone is 5. The molecule has 0 saturated heterocycles. The third-order valence-electron chi connectivity index (χ3n) is 2.16. The van der Waals surface area contributed by atoms with Crippen LogP contribution in [-0.2, 0) is 4.79 Å². The Balaban J connectivity index is 3.33. The molecule has 6 heteroatoms. The molecule has 0 aliphatic carbocycles. The average molecular weight is 321 g/mol. The van der Waals surface area contributed by atoms with Crippen molar-refractivity contribution >= 4 is 34.6 Å². The van der Waals surface area contributed by atoms with Gasteiger partial charge in [-0.15, -0.1) is 0 Å². The van der Waals surface area contributed by atoms with Crippen molar-refractivity contribution in [1.82, 2.24) is 0 Å². The molecule has 106 valence electrons. The van der Waals surface area contributed by atoms with Crippen molar-refractivity contribution < 1.29 is 18.0 Å². The molecule has 0 amide bonds. The number of ketones is 1. The molecule has 0 aromatic heterocycles. The lowest BCUT2D eigenvalue weighted by molar-refractivity contribution is -0.111. The summed E-state index contributed by atoms with van der Waals surface area (Å²) in [5.74, 6) is -0.812. The Morgan fingerprint density at radius 2 is 1.70 bits per heavy atom. The molecule has 0 saturated carbocycles. The molecule has 1 nitrogen and oxygen atoms in total. The van der Waals surface area contributed by atoms with Crippen LogP contribution in [0.4, 0.5) is 13.2 Å². The molecule has 1 rings (SSSR count). The first-order chi connectivity index (χ1) is 9.24. The molecule has 0 heterocycles. The van der Waals surface area contributed by atoms with Gasteiger partial charge in [0.1, 0.15) is 0 Å². The van der Waals surface area contributed by atoms with Gasteiger partial charge in [-0.05, 0) is 35.9 Å². The minimum atomic E-state index is -4.70. The zero-order valence-corrected chi connectivity index (χ0v) is 11.6. The Morgan fingerprint density at radius 3 is 2.15 bits per heavy atom. The Hall–Kier alpha value is -1.52. The second-order valence-electron chi connectivity index (χ2n) is 3.71. The van der Waals surface area contributed by atoms with E-state index in [-0.39, 0.29) is 15.6 Å². The minimum absolute atomic E-state index is 0.0525. The van der Waals surface area contributed by atoms with Crippen LogP contribution in [0, 0.1) is 0 Å². The third-order valence-corrected chi connectivity index (χ3v) is 2.60. The molecule has 20 heavy (non-hydrogen) atoms. The predicted octanol–water partition coefficient (Wildman–Crippen LogP) is 5.25. The number of halogens is 5. The van der Waals surface area contributed by atoms with Crippen LogP contribution in [0.25, 0.3) is 5.57 Å². The Morgan fingerprint density at radius 1 is 1.15 bits per heavy atom. The minimum Gasteiger partial charge on any atom is -0.290 e. The van der Waals surface area contributed by atoms with Gasteiger partial charge in [0.05, 0.1) is 5.57 Å². The Labute approximate surface area is 124 Å². The van der Waals surface area contributed by atoms with Crippen molar-refractivity contribution in [2.75, 3.05) is 0 Å². The van der Waals surface area contributed by atoms with E-state index < -0.39 is 17.5 Å². The number of alkyl halides is 3. The van der Waals surface area contributed by atoms with Gasteiger partial charge >= 0.3 is 6.18 Å². The summed E-state index contributed by atoms with van der Waals surface area (Å²) in [4.78, 5) is 11.4. The smallest absolute Gasteiger partial charge is 0.290 e. The summed E-state index contributed by atoms with van der Waals surface area (Å²) < 4.78 is 39.0. The molecule has 0 spiro atoms. The number of hydrogen-bond acceptors (Lipinski definition) is 1. The van der Waals surface area contributed by atoms with Gasteiger partial charge in [-0.2, -0.15) is 13.2 Å². The van der Waals surface area contributed by atoms with Crippen molar-refractivity contribution in [2.24, 2.45) is 0 Å². The Bertz CT molecular complexity index is 566. The second kappa shape index (κ2) is 6.77. The van der Waals surface area contributed by atoms with E-state index in [1.807, 2.05) is 0 Å². The van der Waals surface area contributed by atoms with E-state index in [4.69, 9.17) is 23.2 Å². The summed E-state index contributed by atoms with van der Waals surface area (Å²) in [6.45, 7) is 3.33. The fourth-order valence-corrected chi connectivity index (χ4v) is 1.92. The van der Waals surface area contributed by atoms with Gasteiger partial charge in [0.15, 0.2) is 5.78 Å². The van der Waals surface area contributed by atoms with Gasteiger partial charge in [-0.3, -0.25) is 4.79 Å². The molecule has 0 aliphatic heterocycles. The van der Waals surface area contributed by atoms with Crippen LogP contribution >= 0.6 is 23.2 Å². The maximum Gasteiger partial charge on any atom is 0.417 e. The summed E-state index contributed by atoms with van der Waals surface area (Å²) in [5.41, 5.74) is -1.38. The Kier molecular flexibility index (Phi) is 5.60. The molecule has 1 aromatic rings. The number of carbonyl (C=O) groups is 1. The lowest BCUT2D eigenvalue weighted by atomic mass is 10.0. The SMILES string of the molecule is C=CC=CC(=O)/C=C(\c1cc(Cl)cc(Cl)c1)C(F)(F)F. The van der Waals surface area contributed by atoms with E-state index >= 15 is 0 Å². The molecule has 0 radical (unpaired) electrons. The van der Waals surface area contributed by atoms with Crippen LogP contribution < -0.4 is 0 Å². The monoisotopic (exact) mass is 320 g/mol. The zero-order chi connectivity index (χ0) is 15.3. The average Bonchev–Trinajstić information content (AvgIpc) is 2.30. The van der Waals surface area contributed by atoms with Crippen LogP contribution in [-0.4, -0.2) is 12.0 Å². The van der Waals surface area contributed by atoms with Gasteiger partial charge in [0, 0.05) is 10.0 Å². The molecule has 0 fully saturated rings. The van der Waals surface area contributed by atoms with E-state index in [0.29, 0.717) is 6.08 Å². The second-order valence-corrected chi connectivity index (χ2v) is 4.58. The normalized spacial score (nSPS) is 12.8. The van der Waals surface area contributed by atoms with Gasteiger partial charge in [0.25, 0.3) is 0 Å². The highest BCUT2D eigenvalue weighted by Crippen LogP contribution is 2.36. The largest absolute Gasteiger partial charge is 0.417 e. The van der Waals surface area contributed by atoms with Crippen LogP contribution in [0.5, 0.6) is 0 Å². The molecule has 0 N–H and O–H groups in total. The highest BCUT2D eigenvalue weighted by molar-refractivity contribution is 6.34. The van der Waals surface area contributed by atoms with E-state index in [2.05, 4.69) is 6.58 Å². The van der Waals surface area contributed by atoms with Gasteiger partial charge in [0.2, 0.25) is 0 Å². The molecular formula is C14H9Cl2F3O. The number of carbonyl (C=O) groups excluding carboxylic acids is 1. The first-order valence-corrected chi connectivity index (χ1v) is 6.08. The standard InChI is InChI=1S/C14H9Cl2F3O/c1-2-3-4-12(20)8-13(14(17,18)19)9-5-10(15)7-11(16)6-9/h2-8H,1H2/b4-3?,13-8+. The van der Waals surface area contributed by atoms with E-state index in [1.54, 1.807) is 0 Å². The molecule has 0 atom stereocenters. The van der Waals surface area contributed by atoms with Crippen LogP contribution in [0.2, 0.25) is 10.0 Å². The lowest BCUT2D eigenvalue weighted by Crippen LogP contribution is -2.12. The van der Waals surface area contributed by atoms with Crippen molar-refractivity contribution in [3.8, 4) is 0 Å². The highest BCUT2D eigenvalue weighted by Gasteiger charge is 2.35. The van der Waals surface area contributed by atoms with Crippen molar-refractivity contribution in [2.45, 2.75) is 6.18 Å².